The quantitative estimate of drug-likeness (QED) is 0.684. The molecular formula is C13H23N3. The summed E-state index contributed by atoms with van der Waals surface area (Å²) in [5, 5.41) is 8.78. The predicted molar refractivity (Wildman–Crippen MR) is 65.1 cm³/mol. The third-order valence-electron chi connectivity index (χ3n) is 4.01. The van der Waals surface area contributed by atoms with Crippen molar-refractivity contribution in [3.63, 3.8) is 0 Å². The molecule has 0 aromatic rings. The van der Waals surface area contributed by atoms with Crippen LogP contribution in [-0.2, 0) is 0 Å². The average molecular weight is 221 g/mol. The fourth-order valence-corrected chi connectivity index (χ4v) is 2.71. The van der Waals surface area contributed by atoms with Gasteiger partial charge in [-0.05, 0) is 51.2 Å². The topological polar surface area (TPSA) is 30.3 Å². The number of hydrogen-bond donors (Lipinski definition) is 0. The first-order valence-corrected chi connectivity index (χ1v) is 6.52. The molecule has 3 nitrogen and oxygen atoms in total. The molecule has 1 saturated heterocycles. The summed E-state index contributed by atoms with van der Waals surface area (Å²) in [6.45, 7) is 6.06. The Morgan fingerprint density at radius 3 is 2.56 bits per heavy atom. The summed E-state index contributed by atoms with van der Waals surface area (Å²) < 4.78 is 0. The summed E-state index contributed by atoms with van der Waals surface area (Å²) in [6, 6.07) is 2.34. The Labute approximate surface area is 99.0 Å². The van der Waals surface area contributed by atoms with Crippen LogP contribution in [0.15, 0.2) is 0 Å². The molecule has 0 spiro atoms. The second-order valence-corrected chi connectivity index (χ2v) is 5.62. The van der Waals surface area contributed by atoms with Crippen LogP contribution in [0, 0.1) is 16.7 Å². The van der Waals surface area contributed by atoms with Crippen molar-refractivity contribution >= 4 is 0 Å². The summed E-state index contributed by atoms with van der Waals surface area (Å²) >= 11 is 0. The van der Waals surface area contributed by atoms with Crippen LogP contribution in [0.5, 0.6) is 0 Å². The van der Waals surface area contributed by atoms with Crippen LogP contribution in [-0.4, -0.2) is 49.6 Å². The molecule has 0 unspecified atom stereocenters. The monoisotopic (exact) mass is 221 g/mol. The summed E-state index contributed by atoms with van der Waals surface area (Å²) in [5.41, 5.74) is 0.370. The number of likely N-dealkylation sites (tertiary alicyclic amines) is 1. The van der Waals surface area contributed by atoms with Gasteiger partial charge in [-0.25, -0.2) is 0 Å². The molecule has 0 aromatic carbocycles. The summed E-state index contributed by atoms with van der Waals surface area (Å²) in [5.74, 6) is 0. The van der Waals surface area contributed by atoms with Gasteiger partial charge in [0.05, 0.1) is 6.07 Å². The van der Waals surface area contributed by atoms with Gasteiger partial charge in [0.15, 0.2) is 0 Å². The lowest BCUT2D eigenvalue weighted by atomic mass is 10.0. The van der Waals surface area contributed by atoms with Crippen molar-refractivity contribution in [2.45, 2.75) is 32.1 Å². The molecule has 0 aromatic heterocycles. The SMILES string of the molecule is CN(CCN1CCCC1)CC1(CC#N)CC1. The first-order valence-electron chi connectivity index (χ1n) is 6.52. The zero-order valence-electron chi connectivity index (χ0n) is 10.4. The normalized spacial score (nSPS) is 23.6. The second kappa shape index (κ2) is 5.16. The summed E-state index contributed by atoms with van der Waals surface area (Å²) in [4.78, 5) is 4.98. The molecule has 1 saturated carbocycles. The van der Waals surface area contributed by atoms with Gasteiger partial charge in [0.2, 0.25) is 0 Å². The number of nitrogens with zero attached hydrogens (tertiary/aromatic N) is 3. The van der Waals surface area contributed by atoms with E-state index in [4.69, 9.17) is 5.26 Å². The molecule has 90 valence electrons. The lowest BCUT2D eigenvalue weighted by molar-refractivity contribution is 0.223. The van der Waals surface area contributed by atoms with Crippen molar-refractivity contribution in [1.82, 2.24) is 9.80 Å². The van der Waals surface area contributed by atoms with E-state index in [0.29, 0.717) is 5.41 Å². The minimum Gasteiger partial charge on any atom is -0.305 e. The molecule has 2 aliphatic rings. The van der Waals surface area contributed by atoms with Crippen LogP contribution in [0.25, 0.3) is 0 Å². The van der Waals surface area contributed by atoms with Gasteiger partial charge in [-0.15, -0.1) is 0 Å². The van der Waals surface area contributed by atoms with Crippen molar-refractivity contribution in [3.8, 4) is 6.07 Å². The van der Waals surface area contributed by atoms with E-state index < -0.39 is 0 Å². The number of rotatable bonds is 6. The number of hydrogen-bond acceptors (Lipinski definition) is 3. The molecule has 1 aliphatic carbocycles. The van der Waals surface area contributed by atoms with Crippen LogP contribution in [0.4, 0.5) is 0 Å². The maximum absolute atomic E-state index is 8.78. The molecule has 2 fully saturated rings. The van der Waals surface area contributed by atoms with Crippen molar-refractivity contribution in [2.75, 3.05) is 39.8 Å². The Bertz CT molecular complexity index is 259. The lowest BCUT2D eigenvalue weighted by Gasteiger charge is -2.24. The van der Waals surface area contributed by atoms with Crippen LogP contribution in [0.1, 0.15) is 32.1 Å². The van der Waals surface area contributed by atoms with E-state index in [1.165, 1.54) is 45.3 Å². The smallest absolute Gasteiger partial charge is 0.0628 e. The first-order chi connectivity index (χ1) is 7.74. The second-order valence-electron chi connectivity index (χ2n) is 5.62. The van der Waals surface area contributed by atoms with Gasteiger partial charge in [0, 0.05) is 26.1 Å². The van der Waals surface area contributed by atoms with Gasteiger partial charge in [-0.3, -0.25) is 0 Å². The maximum Gasteiger partial charge on any atom is 0.0628 e. The van der Waals surface area contributed by atoms with Gasteiger partial charge < -0.3 is 9.80 Å². The maximum atomic E-state index is 8.78. The van der Waals surface area contributed by atoms with Crippen molar-refractivity contribution < 1.29 is 0 Å². The molecule has 16 heavy (non-hydrogen) atoms. The molecule has 0 N–H and O–H groups in total. The van der Waals surface area contributed by atoms with Crippen LogP contribution >= 0.6 is 0 Å². The summed E-state index contributed by atoms with van der Waals surface area (Å²) in [6.07, 6.45) is 6.02. The molecule has 3 heteroatoms. The Morgan fingerprint density at radius 1 is 1.31 bits per heavy atom. The van der Waals surface area contributed by atoms with Crippen LogP contribution in [0.2, 0.25) is 0 Å². The van der Waals surface area contributed by atoms with Gasteiger partial charge >= 0.3 is 0 Å². The van der Waals surface area contributed by atoms with E-state index in [1.54, 1.807) is 0 Å². The van der Waals surface area contributed by atoms with Gasteiger partial charge in [0.1, 0.15) is 0 Å². The third kappa shape index (κ3) is 3.20. The molecular weight excluding hydrogens is 198 g/mol. The highest BCUT2D eigenvalue weighted by Gasteiger charge is 2.42. The molecule has 1 aliphatic heterocycles. The molecule has 0 atom stereocenters. The Kier molecular flexibility index (Phi) is 3.83. The van der Waals surface area contributed by atoms with E-state index in [2.05, 4.69) is 22.9 Å². The first kappa shape index (κ1) is 11.9. The highest BCUT2D eigenvalue weighted by atomic mass is 15.2. The molecule has 1 heterocycles. The third-order valence-corrected chi connectivity index (χ3v) is 4.01. The Morgan fingerprint density at radius 2 is 2.00 bits per heavy atom. The van der Waals surface area contributed by atoms with E-state index in [0.717, 1.165) is 19.5 Å². The Hall–Kier alpha value is -0.590. The molecule has 0 amide bonds. The fraction of sp³-hybridized carbons (Fsp3) is 0.923. The number of likely N-dealkylation sites (N-methyl/N-ethyl adjacent to an activating group) is 1. The van der Waals surface area contributed by atoms with Crippen molar-refractivity contribution in [1.29, 1.82) is 5.26 Å². The average Bonchev–Trinajstić information content (AvgIpc) is 2.82. The van der Waals surface area contributed by atoms with Crippen molar-refractivity contribution in [3.05, 3.63) is 0 Å². The van der Waals surface area contributed by atoms with E-state index in [9.17, 15) is 0 Å². The zero-order chi connectivity index (χ0) is 11.4. The zero-order valence-corrected chi connectivity index (χ0v) is 10.4. The van der Waals surface area contributed by atoms with Gasteiger partial charge in [-0.1, -0.05) is 0 Å². The molecule has 0 radical (unpaired) electrons. The standard InChI is InChI=1S/C13H23N3/c1-15(10-11-16-8-2-3-9-16)12-13(4-5-13)6-7-14/h2-6,8-12H2,1H3. The van der Waals surface area contributed by atoms with Crippen molar-refractivity contribution in [2.24, 2.45) is 5.41 Å². The highest BCUT2D eigenvalue weighted by Crippen LogP contribution is 2.48. The fourth-order valence-electron chi connectivity index (χ4n) is 2.71. The largest absolute Gasteiger partial charge is 0.305 e. The summed E-state index contributed by atoms with van der Waals surface area (Å²) in [7, 11) is 2.20. The highest BCUT2D eigenvalue weighted by molar-refractivity contribution is 5.00. The molecule has 0 bridgehead atoms. The lowest BCUT2D eigenvalue weighted by Crippen LogP contribution is -2.34. The van der Waals surface area contributed by atoms with E-state index >= 15 is 0 Å². The van der Waals surface area contributed by atoms with Crippen LogP contribution in [0.3, 0.4) is 0 Å². The van der Waals surface area contributed by atoms with E-state index in [1.807, 2.05) is 0 Å². The molecule has 2 rings (SSSR count). The Balaban J connectivity index is 1.64. The predicted octanol–water partition coefficient (Wildman–Crippen LogP) is 1.71. The minimum atomic E-state index is 0.370. The minimum absolute atomic E-state index is 0.370. The van der Waals surface area contributed by atoms with Gasteiger partial charge in [-0.2, -0.15) is 5.26 Å². The number of nitriles is 1. The van der Waals surface area contributed by atoms with Gasteiger partial charge in [0.25, 0.3) is 0 Å². The van der Waals surface area contributed by atoms with E-state index in [-0.39, 0.29) is 0 Å². The van der Waals surface area contributed by atoms with Crippen LogP contribution < -0.4 is 0 Å².